The van der Waals surface area contributed by atoms with Crippen LogP contribution in [0.5, 0.6) is 0 Å². The Morgan fingerprint density at radius 1 is 0.656 bits per heavy atom. The lowest BCUT2D eigenvalue weighted by molar-refractivity contribution is -0.139. The number of anilines is 2. The van der Waals surface area contributed by atoms with Crippen molar-refractivity contribution in [3.8, 4) is 0 Å². The molecule has 4 aliphatic heterocycles. The summed E-state index contributed by atoms with van der Waals surface area (Å²) >= 11 is 0. The standard InChI is InChI=1S/C24H30FN3O2.C17H20FN3.C6H11NO3/c25-22-5-6-23(21-2-1-7-26-24(21)22)28-14-17(12-19(15-28)18-3-4-18)13-20(29)16-27-8-10-30-11-9-27;18-15-5-6-16(14-2-1-7-20-17(14)15)21-9-12(11-3-4-11)8-13(19)10-21;8-6(9)5-7-1-3-10-4-2-7/h1-2,5-7,17-19H,3-4,8-16H2;1-2,5-7,11-13H,3-4,8-10,19H2;1-5H2,(H,8,9). The molecular weight excluding hydrogens is 781 g/mol. The van der Waals surface area contributed by atoms with Crippen LogP contribution in [0, 0.1) is 41.2 Å². The molecule has 6 aliphatic rings. The van der Waals surface area contributed by atoms with Gasteiger partial charge in [0.15, 0.2) is 0 Å². The molecule has 4 unspecified atom stereocenters. The molecule has 0 radical (unpaired) electrons. The molecule has 0 amide bonds. The third kappa shape index (κ3) is 11.6. The number of pyridine rings is 2. The molecule has 4 aromatic rings. The molecule has 0 spiro atoms. The summed E-state index contributed by atoms with van der Waals surface area (Å²) in [6.07, 6.45) is 11.5. The van der Waals surface area contributed by atoms with Gasteiger partial charge in [0.2, 0.25) is 0 Å². The number of Topliss-reactive ketones (excluding diaryl/α,β-unsaturated/α-hetero) is 1. The number of hydrogen-bond acceptors (Lipinski definition) is 11. The fraction of sp³-hybridized carbons (Fsp3) is 0.574. The molecule has 2 aliphatic carbocycles. The molecule has 12 nitrogen and oxygen atoms in total. The molecule has 10 rings (SSSR count). The van der Waals surface area contributed by atoms with E-state index in [9.17, 15) is 18.4 Å². The second-order valence-corrected chi connectivity index (χ2v) is 17.9. The van der Waals surface area contributed by atoms with E-state index in [1.807, 2.05) is 41.3 Å². The van der Waals surface area contributed by atoms with E-state index >= 15 is 0 Å². The minimum absolute atomic E-state index is 0.142. The first kappa shape index (κ1) is 43.3. The van der Waals surface area contributed by atoms with E-state index in [1.54, 1.807) is 12.4 Å². The van der Waals surface area contributed by atoms with Crippen LogP contribution in [0.2, 0.25) is 0 Å². The van der Waals surface area contributed by atoms with Crippen LogP contribution in [0.4, 0.5) is 20.2 Å². The fourth-order valence-electron chi connectivity index (χ4n) is 9.93. The van der Waals surface area contributed by atoms with E-state index < -0.39 is 5.97 Å². The van der Waals surface area contributed by atoms with Gasteiger partial charge in [0.25, 0.3) is 0 Å². The van der Waals surface area contributed by atoms with Gasteiger partial charge in [-0.3, -0.25) is 29.4 Å². The highest BCUT2D eigenvalue weighted by molar-refractivity contribution is 5.93. The number of nitrogens with zero attached hydrogens (tertiary/aromatic N) is 6. The van der Waals surface area contributed by atoms with Crippen molar-refractivity contribution in [2.45, 2.75) is 51.0 Å². The normalized spacial score (nSPS) is 25.0. The van der Waals surface area contributed by atoms with Crippen LogP contribution >= 0.6 is 0 Å². The second-order valence-electron chi connectivity index (χ2n) is 17.9. The maximum atomic E-state index is 14.3. The van der Waals surface area contributed by atoms with Crippen LogP contribution in [0.25, 0.3) is 21.8 Å². The summed E-state index contributed by atoms with van der Waals surface area (Å²) in [6, 6.07) is 14.7. The Morgan fingerprint density at radius 2 is 1.15 bits per heavy atom. The third-order valence-electron chi connectivity index (χ3n) is 13.2. The van der Waals surface area contributed by atoms with Crippen LogP contribution in [0.1, 0.15) is 44.9 Å². The SMILES string of the molecule is NC1CC(C2CC2)CN(c2ccc(F)c3ncccc23)C1.O=C(CC1CC(C2CC2)CN(c2ccc(F)c3ncccc23)C1)CN1CCOCC1.O=C(O)CN1CCOCC1. The number of aromatic nitrogens is 2. The number of ether oxygens (including phenoxy) is 2. The molecule has 2 saturated carbocycles. The van der Waals surface area contributed by atoms with Gasteiger partial charge >= 0.3 is 5.97 Å². The van der Waals surface area contributed by atoms with Gasteiger partial charge in [-0.15, -0.1) is 0 Å². The highest BCUT2D eigenvalue weighted by Crippen LogP contribution is 2.45. The quantitative estimate of drug-likeness (QED) is 0.198. The smallest absolute Gasteiger partial charge is 0.317 e. The summed E-state index contributed by atoms with van der Waals surface area (Å²) in [7, 11) is 0. The molecular formula is C47H61F2N7O5. The lowest BCUT2D eigenvalue weighted by Gasteiger charge is -2.40. The number of morpholine rings is 2. The van der Waals surface area contributed by atoms with Gasteiger partial charge in [-0.2, -0.15) is 0 Å². The lowest BCUT2D eigenvalue weighted by Crippen LogP contribution is -2.47. The molecule has 14 heteroatoms. The summed E-state index contributed by atoms with van der Waals surface area (Å²) in [4.78, 5) is 40.3. The molecule has 2 aromatic heterocycles. The van der Waals surface area contributed by atoms with E-state index in [1.165, 1.54) is 37.8 Å². The molecule has 3 N–H and O–H groups in total. The van der Waals surface area contributed by atoms with Crippen molar-refractivity contribution in [2.75, 3.05) is 102 Å². The Morgan fingerprint density at radius 3 is 1.66 bits per heavy atom. The van der Waals surface area contributed by atoms with Crippen LogP contribution in [0.15, 0.2) is 60.9 Å². The Balaban J connectivity index is 0.000000143. The van der Waals surface area contributed by atoms with Crippen molar-refractivity contribution >= 4 is 44.9 Å². The number of carboxylic acids is 1. The number of carbonyl (C=O) groups excluding carboxylic acids is 1. The number of piperidine rings is 2. The van der Waals surface area contributed by atoms with Crippen molar-refractivity contribution in [1.29, 1.82) is 0 Å². The summed E-state index contributed by atoms with van der Waals surface area (Å²) in [5.41, 5.74) is 9.27. The Bertz CT molecular complexity index is 2110. The third-order valence-corrected chi connectivity index (χ3v) is 13.2. The van der Waals surface area contributed by atoms with Gasteiger partial charge in [0.1, 0.15) is 28.5 Å². The number of aliphatic carboxylic acids is 1. The molecule has 0 bridgehead atoms. The molecule has 61 heavy (non-hydrogen) atoms. The minimum Gasteiger partial charge on any atom is -0.480 e. The number of carboxylic acid groups (broad SMARTS) is 1. The zero-order valence-corrected chi connectivity index (χ0v) is 35.2. The second kappa shape index (κ2) is 20.2. The Hall–Kier alpha value is -4.34. The Kier molecular flexibility index (Phi) is 14.4. The highest BCUT2D eigenvalue weighted by Gasteiger charge is 2.39. The number of halogens is 2. The van der Waals surface area contributed by atoms with E-state index in [0.29, 0.717) is 60.7 Å². The predicted octanol–water partition coefficient (Wildman–Crippen LogP) is 5.86. The van der Waals surface area contributed by atoms with Crippen molar-refractivity contribution in [3.63, 3.8) is 0 Å². The first-order valence-corrected chi connectivity index (χ1v) is 22.3. The molecule has 2 aromatic carbocycles. The van der Waals surface area contributed by atoms with Crippen molar-refractivity contribution in [1.82, 2.24) is 19.8 Å². The van der Waals surface area contributed by atoms with Gasteiger partial charge < -0.3 is 30.1 Å². The Labute approximate surface area is 357 Å². The highest BCUT2D eigenvalue weighted by atomic mass is 19.1. The van der Waals surface area contributed by atoms with Crippen LogP contribution in [0.3, 0.4) is 0 Å². The van der Waals surface area contributed by atoms with Crippen molar-refractivity contribution in [3.05, 3.63) is 72.6 Å². The maximum absolute atomic E-state index is 14.3. The summed E-state index contributed by atoms with van der Waals surface area (Å²) in [5.74, 6) is 2.35. The van der Waals surface area contributed by atoms with Gasteiger partial charge in [0, 0.05) is 99.4 Å². The number of fused-ring (bicyclic) bond motifs is 2. The summed E-state index contributed by atoms with van der Waals surface area (Å²) in [6.45, 7) is 10.4. The fourth-order valence-corrected chi connectivity index (χ4v) is 9.93. The first-order valence-electron chi connectivity index (χ1n) is 22.3. The number of hydrogen-bond donors (Lipinski definition) is 2. The molecule has 4 atom stereocenters. The minimum atomic E-state index is -0.762. The zero-order valence-electron chi connectivity index (χ0n) is 35.2. The van der Waals surface area contributed by atoms with Crippen LogP contribution < -0.4 is 15.5 Å². The van der Waals surface area contributed by atoms with Gasteiger partial charge in [-0.05, 0) is 117 Å². The average molecular weight is 842 g/mol. The summed E-state index contributed by atoms with van der Waals surface area (Å²) in [5, 5.41) is 10.1. The number of benzene rings is 2. The van der Waals surface area contributed by atoms with Crippen LogP contribution in [-0.2, 0) is 19.1 Å². The summed E-state index contributed by atoms with van der Waals surface area (Å²) < 4.78 is 38.6. The van der Waals surface area contributed by atoms with Crippen molar-refractivity contribution in [2.24, 2.45) is 35.3 Å². The van der Waals surface area contributed by atoms with E-state index in [-0.39, 0.29) is 24.2 Å². The van der Waals surface area contributed by atoms with Gasteiger partial charge in [-0.1, -0.05) is 0 Å². The number of ketones is 1. The molecule has 6 heterocycles. The number of carbonyl (C=O) groups is 2. The molecule has 4 saturated heterocycles. The zero-order chi connectivity index (χ0) is 42.3. The lowest BCUT2D eigenvalue weighted by atomic mass is 9.83. The molecule has 6 fully saturated rings. The number of nitrogens with two attached hydrogens (primary N) is 1. The predicted molar refractivity (Wildman–Crippen MR) is 233 cm³/mol. The van der Waals surface area contributed by atoms with E-state index in [0.717, 1.165) is 112 Å². The molecule has 328 valence electrons. The van der Waals surface area contributed by atoms with Gasteiger partial charge in [-0.25, -0.2) is 8.78 Å². The number of rotatable bonds is 10. The average Bonchev–Trinajstić information content (AvgIpc) is 4.20. The largest absolute Gasteiger partial charge is 0.480 e. The van der Waals surface area contributed by atoms with Gasteiger partial charge in [0.05, 0.1) is 39.5 Å². The van der Waals surface area contributed by atoms with Crippen LogP contribution in [-0.4, -0.2) is 135 Å². The van der Waals surface area contributed by atoms with E-state index in [2.05, 4.69) is 24.7 Å². The van der Waals surface area contributed by atoms with Crippen molar-refractivity contribution < 1.29 is 33.0 Å². The van der Waals surface area contributed by atoms with E-state index in [4.69, 9.17) is 20.3 Å². The maximum Gasteiger partial charge on any atom is 0.317 e. The topological polar surface area (TPSA) is 138 Å². The monoisotopic (exact) mass is 841 g/mol. The first-order chi connectivity index (χ1) is 29.7.